The molecule has 48 heavy (non-hydrogen) atoms. The minimum Gasteiger partial charge on any atom is -0.477 e. The maximum atomic E-state index is 12.6. The molecule has 0 heterocycles. The summed E-state index contributed by atoms with van der Waals surface area (Å²) < 4.78 is 22.5. The van der Waals surface area contributed by atoms with Gasteiger partial charge in [0.25, 0.3) is 6.29 Å². The van der Waals surface area contributed by atoms with E-state index in [1.807, 2.05) is 21.1 Å². The van der Waals surface area contributed by atoms with Crippen molar-refractivity contribution in [1.82, 2.24) is 0 Å². The predicted molar refractivity (Wildman–Crippen MR) is 194 cm³/mol. The van der Waals surface area contributed by atoms with Crippen LogP contribution in [0.4, 0.5) is 0 Å². The molecule has 9 nitrogen and oxygen atoms in total. The molecule has 0 rings (SSSR count). The number of carbonyl (C=O) groups is 3. The number of carboxylic acids is 1. The van der Waals surface area contributed by atoms with Crippen LogP contribution < -0.4 is 0 Å². The van der Waals surface area contributed by atoms with E-state index < -0.39 is 24.3 Å². The lowest BCUT2D eigenvalue weighted by Gasteiger charge is -2.25. The monoisotopic (exact) mass is 681 g/mol. The SMILES string of the molecule is CC/C=C\C/C=C\C/C=C\CCCCCCCC(=O)OC(COC(=O)CCCCCCCCCC)COC(OCC[N+](C)(C)C)C(=O)O. The van der Waals surface area contributed by atoms with Gasteiger partial charge >= 0.3 is 17.9 Å². The summed E-state index contributed by atoms with van der Waals surface area (Å²) >= 11 is 0. The van der Waals surface area contributed by atoms with E-state index in [9.17, 15) is 19.5 Å². The number of unbranched alkanes of at least 4 members (excludes halogenated alkanes) is 12. The van der Waals surface area contributed by atoms with E-state index in [4.69, 9.17) is 18.9 Å². The molecule has 0 saturated heterocycles. The van der Waals surface area contributed by atoms with Crippen LogP contribution in [0.15, 0.2) is 36.5 Å². The van der Waals surface area contributed by atoms with Gasteiger partial charge < -0.3 is 28.5 Å². The van der Waals surface area contributed by atoms with Gasteiger partial charge in [-0.25, -0.2) is 4.79 Å². The Hall–Kier alpha value is -2.49. The smallest absolute Gasteiger partial charge is 0.361 e. The fraction of sp³-hybridized carbons (Fsp3) is 0.769. The molecular weight excluding hydrogens is 610 g/mol. The highest BCUT2D eigenvalue weighted by atomic mass is 16.7. The second-order valence-electron chi connectivity index (χ2n) is 13.5. The first-order chi connectivity index (χ1) is 23.1. The molecular formula is C39H70NO8+. The second-order valence-corrected chi connectivity index (χ2v) is 13.5. The molecule has 0 aliphatic rings. The fourth-order valence-electron chi connectivity index (χ4n) is 4.73. The van der Waals surface area contributed by atoms with Crippen molar-refractivity contribution in [2.75, 3.05) is 47.5 Å². The van der Waals surface area contributed by atoms with Crippen LogP contribution in [0, 0.1) is 0 Å². The van der Waals surface area contributed by atoms with E-state index in [0.717, 1.165) is 70.6 Å². The summed E-state index contributed by atoms with van der Waals surface area (Å²) in [7, 11) is 5.93. The summed E-state index contributed by atoms with van der Waals surface area (Å²) in [6.45, 7) is 4.67. The van der Waals surface area contributed by atoms with Crippen LogP contribution in [-0.2, 0) is 33.3 Å². The third kappa shape index (κ3) is 32.1. The molecule has 0 aromatic carbocycles. The van der Waals surface area contributed by atoms with Crippen molar-refractivity contribution < 1.29 is 42.9 Å². The Bertz CT molecular complexity index is 893. The Morgan fingerprint density at radius 3 is 1.77 bits per heavy atom. The third-order valence-electron chi connectivity index (χ3n) is 7.66. The Kier molecular flexibility index (Phi) is 30.1. The molecule has 0 amide bonds. The molecule has 2 unspecified atom stereocenters. The van der Waals surface area contributed by atoms with Gasteiger partial charge in [-0.05, 0) is 44.9 Å². The second kappa shape index (κ2) is 31.8. The van der Waals surface area contributed by atoms with Crippen molar-refractivity contribution in [3.63, 3.8) is 0 Å². The summed E-state index contributed by atoms with van der Waals surface area (Å²) in [6.07, 6.45) is 29.3. The van der Waals surface area contributed by atoms with Crippen molar-refractivity contribution in [2.24, 2.45) is 0 Å². The van der Waals surface area contributed by atoms with E-state index in [2.05, 4.69) is 50.3 Å². The molecule has 0 spiro atoms. The molecule has 0 bridgehead atoms. The van der Waals surface area contributed by atoms with Gasteiger partial charge in [-0.3, -0.25) is 9.59 Å². The maximum Gasteiger partial charge on any atom is 0.361 e. The molecule has 0 radical (unpaired) electrons. The van der Waals surface area contributed by atoms with E-state index >= 15 is 0 Å². The summed E-state index contributed by atoms with van der Waals surface area (Å²) in [6, 6.07) is 0. The van der Waals surface area contributed by atoms with Crippen molar-refractivity contribution in [3.8, 4) is 0 Å². The van der Waals surface area contributed by atoms with Crippen LogP contribution >= 0.6 is 0 Å². The zero-order valence-electron chi connectivity index (χ0n) is 31.1. The minimum absolute atomic E-state index is 0.184. The highest BCUT2D eigenvalue weighted by molar-refractivity contribution is 5.71. The van der Waals surface area contributed by atoms with Crippen molar-refractivity contribution in [1.29, 1.82) is 0 Å². The van der Waals surface area contributed by atoms with Gasteiger partial charge in [0.05, 0.1) is 34.4 Å². The quantitative estimate of drug-likeness (QED) is 0.0241. The number of carbonyl (C=O) groups excluding carboxylic acids is 2. The van der Waals surface area contributed by atoms with Crippen molar-refractivity contribution >= 4 is 17.9 Å². The van der Waals surface area contributed by atoms with Crippen LogP contribution in [0.1, 0.15) is 136 Å². The topological polar surface area (TPSA) is 108 Å². The molecule has 1 N–H and O–H groups in total. The van der Waals surface area contributed by atoms with Crippen LogP contribution in [0.2, 0.25) is 0 Å². The molecule has 0 aromatic rings. The normalized spacial score (nSPS) is 13.4. The number of likely N-dealkylation sites (N-methyl/N-ethyl adjacent to an activating group) is 1. The Morgan fingerprint density at radius 2 is 1.19 bits per heavy atom. The lowest BCUT2D eigenvalue weighted by molar-refractivity contribution is -0.870. The Balaban J connectivity index is 4.56. The maximum absolute atomic E-state index is 12.6. The first-order valence-corrected chi connectivity index (χ1v) is 18.7. The Morgan fingerprint density at radius 1 is 0.646 bits per heavy atom. The number of allylic oxidation sites excluding steroid dienone is 6. The van der Waals surface area contributed by atoms with Gasteiger partial charge in [-0.1, -0.05) is 115 Å². The van der Waals surface area contributed by atoms with Crippen LogP contribution in [0.3, 0.4) is 0 Å². The molecule has 0 fully saturated rings. The number of hydrogen-bond acceptors (Lipinski definition) is 7. The number of esters is 2. The molecule has 9 heteroatoms. The largest absolute Gasteiger partial charge is 0.477 e. The first-order valence-electron chi connectivity index (χ1n) is 18.7. The van der Waals surface area contributed by atoms with Gasteiger partial charge in [0.2, 0.25) is 0 Å². The Labute approximate surface area is 292 Å². The average molecular weight is 681 g/mol. The number of hydrogen-bond donors (Lipinski definition) is 1. The number of carboxylic acid groups (broad SMARTS) is 1. The number of nitrogens with zero attached hydrogens (tertiary/aromatic N) is 1. The standard InChI is InChI=1S/C39H69NO8/c1-6-8-10-12-14-16-17-18-19-20-21-22-24-26-28-30-37(42)48-35(34-47-39(38(43)44)45-32-31-40(3,4)5)33-46-36(41)29-27-25-23-15-13-11-9-7-2/h8,10,14,16,18-19,35,39H,6-7,9,11-13,15,17,20-34H2,1-5H3/p+1/b10-8-,16-14-,19-18-. The lowest BCUT2D eigenvalue weighted by Crippen LogP contribution is -2.40. The van der Waals surface area contributed by atoms with Gasteiger partial charge in [-0.15, -0.1) is 0 Å². The van der Waals surface area contributed by atoms with Crippen molar-refractivity contribution in [2.45, 2.75) is 148 Å². The molecule has 2 atom stereocenters. The van der Waals surface area contributed by atoms with Gasteiger partial charge in [0, 0.05) is 12.8 Å². The number of ether oxygens (including phenoxy) is 4. The van der Waals surface area contributed by atoms with Gasteiger partial charge in [-0.2, -0.15) is 0 Å². The molecule has 0 saturated carbocycles. The van der Waals surface area contributed by atoms with Crippen LogP contribution in [0.25, 0.3) is 0 Å². The highest BCUT2D eigenvalue weighted by Crippen LogP contribution is 2.12. The van der Waals surface area contributed by atoms with Crippen molar-refractivity contribution in [3.05, 3.63) is 36.5 Å². The number of aliphatic carboxylic acids is 1. The predicted octanol–water partition coefficient (Wildman–Crippen LogP) is 8.71. The molecule has 0 aliphatic carbocycles. The average Bonchev–Trinajstić information content (AvgIpc) is 3.03. The van der Waals surface area contributed by atoms with E-state index in [0.29, 0.717) is 23.9 Å². The summed E-state index contributed by atoms with van der Waals surface area (Å²) in [5.41, 5.74) is 0. The third-order valence-corrected chi connectivity index (χ3v) is 7.66. The lowest BCUT2D eigenvalue weighted by atomic mass is 10.1. The van der Waals surface area contributed by atoms with Crippen LogP contribution in [0.5, 0.6) is 0 Å². The minimum atomic E-state index is -1.51. The number of rotatable bonds is 33. The number of quaternary nitrogens is 1. The zero-order chi connectivity index (χ0) is 35.7. The van der Waals surface area contributed by atoms with E-state index in [1.165, 1.54) is 32.1 Å². The van der Waals surface area contributed by atoms with E-state index in [-0.39, 0.29) is 32.2 Å². The summed E-state index contributed by atoms with van der Waals surface area (Å²) in [4.78, 5) is 36.7. The summed E-state index contributed by atoms with van der Waals surface area (Å²) in [5, 5.41) is 9.56. The molecule has 0 aliphatic heterocycles. The first kappa shape index (κ1) is 45.5. The summed E-state index contributed by atoms with van der Waals surface area (Å²) in [5.74, 6) is -2.04. The zero-order valence-corrected chi connectivity index (χ0v) is 31.1. The van der Waals surface area contributed by atoms with Gasteiger partial charge in [0.15, 0.2) is 6.10 Å². The van der Waals surface area contributed by atoms with Gasteiger partial charge in [0.1, 0.15) is 13.2 Å². The molecule has 278 valence electrons. The van der Waals surface area contributed by atoms with E-state index in [1.54, 1.807) is 0 Å². The highest BCUT2D eigenvalue weighted by Gasteiger charge is 2.25. The fourth-order valence-corrected chi connectivity index (χ4v) is 4.73. The molecule has 0 aromatic heterocycles. The van der Waals surface area contributed by atoms with Crippen LogP contribution in [-0.4, -0.2) is 87.4 Å².